The monoisotopic (exact) mass is 433 g/mol. The number of hydrogen-bond acceptors (Lipinski definition) is 3. The van der Waals surface area contributed by atoms with Crippen LogP contribution in [0, 0.1) is 5.41 Å². The summed E-state index contributed by atoms with van der Waals surface area (Å²) in [6.07, 6.45) is -4.15. The number of nitrogens with zero attached hydrogens (tertiary/aromatic N) is 1. The van der Waals surface area contributed by atoms with Gasteiger partial charge in [-0.1, -0.05) is 37.3 Å². The molecule has 1 amide bonds. The zero-order valence-electron chi connectivity index (χ0n) is 17.2. The molecule has 7 heteroatoms. The Labute approximate surface area is 179 Å². The molecule has 1 aliphatic heterocycles. The fourth-order valence-electron chi connectivity index (χ4n) is 5.28. The Bertz CT molecular complexity index is 931. The van der Waals surface area contributed by atoms with Gasteiger partial charge in [0.25, 0.3) is 5.91 Å². The number of alkyl halides is 3. The largest absolute Gasteiger partial charge is 0.416 e. The Morgan fingerprint density at radius 1 is 1.03 bits per heavy atom. The van der Waals surface area contributed by atoms with Gasteiger partial charge in [0.1, 0.15) is 0 Å². The van der Waals surface area contributed by atoms with E-state index in [0.717, 1.165) is 17.7 Å². The lowest BCUT2D eigenvalue weighted by molar-refractivity contribution is -0.137. The second-order valence-electron chi connectivity index (χ2n) is 8.88. The average Bonchev–Trinajstić information content (AvgIpc) is 3.01. The maximum absolute atomic E-state index is 13.6. The number of amides is 1. The summed E-state index contributed by atoms with van der Waals surface area (Å²) in [6, 6.07) is 13.0. The van der Waals surface area contributed by atoms with E-state index in [1.54, 1.807) is 4.90 Å². The van der Waals surface area contributed by atoms with Crippen molar-refractivity contribution in [1.82, 2.24) is 4.90 Å². The van der Waals surface area contributed by atoms with E-state index >= 15 is 0 Å². The number of likely N-dealkylation sites (tertiary alicyclic amines) is 1. The van der Waals surface area contributed by atoms with E-state index in [0.29, 0.717) is 25.7 Å². The zero-order chi connectivity index (χ0) is 22.4. The normalized spacial score (nSPS) is 31.2. The number of aliphatic hydroxyl groups is 2. The summed E-state index contributed by atoms with van der Waals surface area (Å²) in [5.41, 5.74) is -0.447. The first-order valence-corrected chi connectivity index (χ1v) is 10.5. The van der Waals surface area contributed by atoms with Gasteiger partial charge in [0, 0.05) is 17.0 Å². The standard InChI is InChI=1S/C24H26F3NO3/c1-23-14-18(15-6-3-2-4-7-15)28(20(23)9-5-8-19(29)21(23)30)22(31)16-10-12-17(13-11-16)24(25,26)27/h2-4,6-7,10-13,18-21,29-30H,5,8-9,14H2,1H3/t18-,19-,20-,21+,23-/m1/s1. The zero-order valence-corrected chi connectivity index (χ0v) is 17.2. The van der Waals surface area contributed by atoms with Crippen molar-refractivity contribution in [2.45, 2.75) is 63.1 Å². The third-order valence-corrected chi connectivity index (χ3v) is 6.96. The van der Waals surface area contributed by atoms with E-state index in [1.807, 2.05) is 37.3 Å². The number of carbonyl (C=O) groups excluding carboxylic acids is 1. The summed E-state index contributed by atoms with van der Waals surface area (Å²) in [6.45, 7) is 1.90. The molecule has 2 aliphatic rings. The van der Waals surface area contributed by atoms with Gasteiger partial charge < -0.3 is 15.1 Å². The highest BCUT2D eigenvalue weighted by molar-refractivity contribution is 5.95. The SMILES string of the molecule is C[C@@]12C[C@H](c3ccccc3)N(C(=O)c3ccc(C(F)(F)F)cc3)[C@@H]1CCC[C@@H](O)[C@@H]2O. The van der Waals surface area contributed by atoms with Gasteiger partial charge in [0.15, 0.2) is 0 Å². The average molecular weight is 433 g/mol. The molecule has 2 aromatic rings. The van der Waals surface area contributed by atoms with Crippen LogP contribution in [0.4, 0.5) is 13.2 Å². The molecular weight excluding hydrogens is 407 g/mol. The maximum atomic E-state index is 13.6. The Balaban J connectivity index is 1.75. The van der Waals surface area contributed by atoms with Crippen LogP contribution in [0.1, 0.15) is 60.1 Å². The second-order valence-corrected chi connectivity index (χ2v) is 8.88. The third-order valence-electron chi connectivity index (χ3n) is 6.96. The van der Waals surface area contributed by atoms with Crippen molar-refractivity contribution in [3.63, 3.8) is 0 Å². The lowest BCUT2D eigenvalue weighted by atomic mass is 9.74. The van der Waals surface area contributed by atoms with Gasteiger partial charge >= 0.3 is 6.18 Å². The van der Waals surface area contributed by atoms with Gasteiger partial charge in [-0.15, -0.1) is 0 Å². The quantitative estimate of drug-likeness (QED) is 0.729. The number of fused-ring (bicyclic) bond motifs is 1. The topological polar surface area (TPSA) is 60.8 Å². The van der Waals surface area contributed by atoms with Crippen LogP contribution in [0.2, 0.25) is 0 Å². The van der Waals surface area contributed by atoms with E-state index in [4.69, 9.17) is 0 Å². The van der Waals surface area contributed by atoms with Crippen LogP contribution >= 0.6 is 0 Å². The Kier molecular flexibility index (Phi) is 5.60. The second kappa shape index (κ2) is 7.95. The first kappa shape index (κ1) is 21.8. The van der Waals surface area contributed by atoms with E-state index in [-0.39, 0.29) is 23.6 Å². The van der Waals surface area contributed by atoms with Gasteiger partial charge in [-0.2, -0.15) is 13.2 Å². The van der Waals surface area contributed by atoms with Gasteiger partial charge in [-0.25, -0.2) is 0 Å². The molecular formula is C24H26F3NO3. The number of hydrogen-bond donors (Lipinski definition) is 2. The van der Waals surface area contributed by atoms with E-state index in [1.165, 1.54) is 12.1 Å². The molecule has 4 rings (SSSR count). The fraction of sp³-hybridized carbons (Fsp3) is 0.458. The summed E-state index contributed by atoms with van der Waals surface area (Å²) in [7, 11) is 0. The molecule has 0 radical (unpaired) electrons. The van der Waals surface area contributed by atoms with Crippen molar-refractivity contribution in [2.24, 2.45) is 5.41 Å². The van der Waals surface area contributed by atoms with Crippen molar-refractivity contribution < 1.29 is 28.2 Å². The molecule has 2 aromatic carbocycles. The predicted molar refractivity (Wildman–Crippen MR) is 109 cm³/mol. The van der Waals surface area contributed by atoms with Gasteiger partial charge in [-0.05, 0) is 55.5 Å². The molecule has 2 fully saturated rings. The molecule has 1 saturated heterocycles. The van der Waals surface area contributed by atoms with Gasteiger partial charge in [0.05, 0.1) is 23.8 Å². The number of benzene rings is 2. The van der Waals surface area contributed by atoms with Gasteiger partial charge in [0.2, 0.25) is 0 Å². The molecule has 0 unspecified atom stereocenters. The number of rotatable bonds is 2. The first-order valence-electron chi connectivity index (χ1n) is 10.5. The fourth-order valence-corrected chi connectivity index (χ4v) is 5.28. The molecule has 5 atom stereocenters. The molecule has 1 saturated carbocycles. The van der Waals surface area contributed by atoms with Crippen molar-refractivity contribution in [2.75, 3.05) is 0 Å². The van der Waals surface area contributed by atoms with Crippen LogP contribution in [0.25, 0.3) is 0 Å². The van der Waals surface area contributed by atoms with Crippen LogP contribution in [-0.4, -0.2) is 39.3 Å². The highest BCUT2D eigenvalue weighted by Gasteiger charge is 2.57. The number of carbonyl (C=O) groups is 1. The Morgan fingerprint density at radius 3 is 2.29 bits per heavy atom. The minimum atomic E-state index is -4.47. The molecule has 0 bridgehead atoms. The Hall–Kier alpha value is -2.38. The van der Waals surface area contributed by atoms with Crippen LogP contribution in [0.5, 0.6) is 0 Å². The smallest absolute Gasteiger partial charge is 0.390 e. The van der Waals surface area contributed by atoms with Crippen molar-refractivity contribution >= 4 is 5.91 Å². The van der Waals surface area contributed by atoms with E-state index in [2.05, 4.69) is 0 Å². The summed E-state index contributed by atoms with van der Waals surface area (Å²) in [4.78, 5) is 15.3. The van der Waals surface area contributed by atoms with Crippen molar-refractivity contribution in [1.29, 1.82) is 0 Å². The lowest BCUT2D eigenvalue weighted by Crippen LogP contribution is -2.49. The van der Waals surface area contributed by atoms with Crippen molar-refractivity contribution in [3.05, 3.63) is 71.3 Å². The molecule has 1 aliphatic carbocycles. The number of halogens is 3. The summed E-state index contributed by atoms with van der Waals surface area (Å²) in [5, 5.41) is 21.4. The van der Waals surface area contributed by atoms with E-state index in [9.17, 15) is 28.2 Å². The minimum Gasteiger partial charge on any atom is -0.390 e. The van der Waals surface area contributed by atoms with Crippen LogP contribution in [0.15, 0.2) is 54.6 Å². The lowest BCUT2D eigenvalue weighted by Gasteiger charge is -2.38. The van der Waals surface area contributed by atoms with Gasteiger partial charge in [-0.3, -0.25) is 4.79 Å². The van der Waals surface area contributed by atoms with Crippen LogP contribution in [-0.2, 0) is 6.18 Å². The van der Waals surface area contributed by atoms with Crippen LogP contribution in [0.3, 0.4) is 0 Å². The molecule has 31 heavy (non-hydrogen) atoms. The third kappa shape index (κ3) is 3.85. The minimum absolute atomic E-state index is 0.178. The van der Waals surface area contributed by atoms with Crippen molar-refractivity contribution in [3.8, 4) is 0 Å². The molecule has 0 spiro atoms. The molecule has 2 N–H and O–H groups in total. The number of aliphatic hydroxyl groups excluding tert-OH is 2. The highest BCUT2D eigenvalue weighted by atomic mass is 19.4. The molecule has 166 valence electrons. The first-order chi connectivity index (χ1) is 14.6. The predicted octanol–water partition coefficient (Wildman–Crippen LogP) is 4.57. The summed E-state index contributed by atoms with van der Waals surface area (Å²) >= 11 is 0. The maximum Gasteiger partial charge on any atom is 0.416 e. The van der Waals surface area contributed by atoms with E-state index < -0.39 is 29.4 Å². The Morgan fingerprint density at radius 2 is 1.68 bits per heavy atom. The highest BCUT2D eigenvalue weighted by Crippen LogP contribution is 2.53. The molecule has 0 aromatic heterocycles. The molecule has 4 nitrogen and oxygen atoms in total. The summed E-state index contributed by atoms with van der Waals surface area (Å²) < 4.78 is 38.9. The molecule has 1 heterocycles. The summed E-state index contributed by atoms with van der Waals surface area (Å²) in [5.74, 6) is -0.361. The van der Waals surface area contributed by atoms with Crippen LogP contribution < -0.4 is 0 Å².